The van der Waals surface area contributed by atoms with Crippen LogP contribution in [0.1, 0.15) is 76.1 Å². The number of anilines is 2. The lowest BCUT2D eigenvalue weighted by Gasteiger charge is -2.21. The van der Waals surface area contributed by atoms with Crippen LogP contribution in [0, 0.1) is 6.92 Å². The number of hydrogen-bond acceptors (Lipinski definition) is 10. The fourth-order valence-electron chi connectivity index (χ4n) is 8.21. The number of aromatic nitrogens is 2. The average molecular weight is 823 g/mol. The van der Waals surface area contributed by atoms with Gasteiger partial charge in [0.1, 0.15) is 6.29 Å². The van der Waals surface area contributed by atoms with Gasteiger partial charge in [0.2, 0.25) is 12.3 Å². The first-order valence-corrected chi connectivity index (χ1v) is 19.9. The van der Waals surface area contributed by atoms with E-state index in [-0.39, 0.29) is 18.4 Å². The van der Waals surface area contributed by atoms with Gasteiger partial charge in [0.25, 0.3) is 23.6 Å². The summed E-state index contributed by atoms with van der Waals surface area (Å²) in [4.78, 5) is 84.4. The van der Waals surface area contributed by atoms with E-state index in [0.29, 0.717) is 52.3 Å². The number of benzene rings is 4. The van der Waals surface area contributed by atoms with E-state index < -0.39 is 30.2 Å². The Morgan fingerprint density at radius 2 is 1.19 bits per heavy atom. The molecule has 62 heavy (non-hydrogen) atoms. The number of rotatable bonds is 7. The molecule has 3 atom stereocenters. The highest BCUT2D eigenvalue weighted by atomic mass is 16.3. The Balaban J connectivity index is 0.000000158. The van der Waals surface area contributed by atoms with Crippen molar-refractivity contribution in [2.45, 2.75) is 31.8 Å². The molecule has 0 aliphatic carbocycles. The zero-order chi connectivity index (χ0) is 42.9. The first kappa shape index (κ1) is 39.5. The quantitative estimate of drug-likeness (QED) is 0.192. The minimum Gasteiger partial charge on any atom is -0.386 e. The summed E-state index contributed by atoms with van der Waals surface area (Å²) in [6.07, 6.45) is 4.52. The molecule has 2 aromatic heterocycles. The fourth-order valence-corrected chi connectivity index (χ4v) is 8.21. The molecule has 0 spiro atoms. The lowest BCUT2D eigenvalue weighted by molar-refractivity contribution is -0.120. The lowest BCUT2D eigenvalue weighted by atomic mass is 9.95. The first-order chi connectivity index (χ1) is 30.2. The molecule has 4 aromatic carbocycles. The fraction of sp³-hybridized carbons (Fsp3) is 0.146. The van der Waals surface area contributed by atoms with Crippen molar-refractivity contribution in [3.8, 4) is 0 Å². The second kappa shape index (κ2) is 16.6. The third kappa shape index (κ3) is 7.43. The van der Waals surface area contributed by atoms with Gasteiger partial charge in [-0.25, -0.2) is 9.98 Å². The van der Waals surface area contributed by atoms with Gasteiger partial charge >= 0.3 is 0 Å². The maximum Gasteiger partial charge on any atom is 0.272 e. The topological polar surface area (TPSA) is 187 Å². The Morgan fingerprint density at radius 1 is 0.677 bits per heavy atom. The van der Waals surface area contributed by atoms with Crippen molar-refractivity contribution in [1.82, 2.24) is 20.6 Å². The van der Waals surface area contributed by atoms with Gasteiger partial charge in [-0.2, -0.15) is 0 Å². The van der Waals surface area contributed by atoms with Crippen LogP contribution in [0.5, 0.6) is 0 Å². The van der Waals surface area contributed by atoms with Gasteiger partial charge < -0.3 is 25.5 Å². The van der Waals surface area contributed by atoms with Gasteiger partial charge in [0, 0.05) is 75.8 Å². The lowest BCUT2D eigenvalue weighted by Crippen LogP contribution is -2.47. The van der Waals surface area contributed by atoms with E-state index in [1.165, 1.54) is 29.7 Å². The number of aliphatic imine (C=N–C) groups is 2. The Hall–Kier alpha value is -7.97. The van der Waals surface area contributed by atoms with Gasteiger partial charge in [0.05, 0.1) is 35.4 Å². The van der Waals surface area contributed by atoms with Crippen molar-refractivity contribution in [2.24, 2.45) is 9.98 Å². The molecule has 0 bridgehead atoms. The minimum absolute atomic E-state index is 0.129. The summed E-state index contributed by atoms with van der Waals surface area (Å²) in [6.45, 7) is 2.55. The molecule has 4 amide bonds. The maximum absolute atomic E-state index is 13.4. The molecule has 3 N–H and O–H groups in total. The maximum atomic E-state index is 13.4. The summed E-state index contributed by atoms with van der Waals surface area (Å²) in [6, 6.07) is 32.8. The SMILES string of the molecule is Cc1cc2c3c(c1)[C@H](O)CN3C(=O)[C@H](NC(=O)c1ccncc1)N=C2c1ccccc1.O=Cc1cc2c3c(c1)C(c1ccccc1)=N[C@@H](NC(=O)c1ccncc1)C(=O)N3CC2. The smallest absolute Gasteiger partial charge is 0.272 e. The van der Waals surface area contributed by atoms with E-state index in [1.54, 1.807) is 35.2 Å². The van der Waals surface area contributed by atoms with Gasteiger partial charge in [-0.3, -0.25) is 33.9 Å². The van der Waals surface area contributed by atoms with E-state index >= 15 is 0 Å². The predicted molar refractivity (Wildman–Crippen MR) is 232 cm³/mol. The second-order valence-electron chi connectivity index (χ2n) is 15.1. The van der Waals surface area contributed by atoms with Crippen LogP contribution in [-0.2, 0) is 16.0 Å². The predicted octanol–water partition coefficient (Wildman–Crippen LogP) is 4.77. The van der Waals surface area contributed by atoms with Crippen molar-refractivity contribution < 1.29 is 29.1 Å². The third-order valence-corrected chi connectivity index (χ3v) is 11.0. The Bertz CT molecular complexity index is 2820. The number of aliphatic hydroxyl groups excluding tert-OH is 1. The van der Waals surface area contributed by atoms with Crippen LogP contribution in [0.2, 0.25) is 0 Å². The Kier molecular flexibility index (Phi) is 10.6. The molecule has 0 radical (unpaired) electrons. The molecule has 0 saturated carbocycles. The zero-order valence-corrected chi connectivity index (χ0v) is 33.3. The normalized spacial score (nSPS) is 18.2. The number of nitrogens with one attached hydrogen (secondary N) is 2. The number of aliphatic hydroxyl groups is 1. The van der Waals surface area contributed by atoms with E-state index in [2.05, 4.69) is 20.6 Å². The van der Waals surface area contributed by atoms with Crippen molar-refractivity contribution in [2.75, 3.05) is 22.9 Å². The van der Waals surface area contributed by atoms with Crippen LogP contribution in [0.25, 0.3) is 0 Å². The van der Waals surface area contributed by atoms with Gasteiger partial charge in [-0.1, -0.05) is 66.7 Å². The Labute approximate surface area is 355 Å². The van der Waals surface area contributed by atoms with Crippen molar-refractivity contribution in [3.63, 3.8) is 0 Å². The van der Waals surface area contributed by atoms with Crippen molar-refractivity contribution >= 4 is 52.7 Å². The summed E-state index contributed by atoms with van der Waals surface area (Å²) in [5.74, 6) is -1.50. The van der Waals surface area contributed by atoms with Crippen LogP contribution in [0.15, 0.2) is 144 Å². The molecule has 10 rings (SSSR count). The second-order valence-corrected chi connectivity index (χ2v) is 15.1. The molecule has 306 valence electrons. The molecule has 4 aliphatic rings. The molecule has 6 heterocycles. The highest BCUT2D eigenvalue weighted by Gasteiger charge is 2.41. The number of carbonyl (C=O) groups is 5. The molecular weight excluding hydrogens is 785 g/mol. The number of pyridine rings is 2. The average Bonchev–Trinajstić information content (AvgIpc) is 3.83. The number of amides is 4. The van der Waals surface area contributed by atoms with Crippen LogP contribution in [0.4, 0.5) is 11.4 Å². The minimum atomic E-state index is -1.12. The molecule has 6 aromatic rings. The van der Waals surface area contributed by atoms with Gasteiger partial charge in [-0.15, -0.1) is 0 Å². The summed E-state index contributed by atoms with van der Waals surface area (Å²) >= 11 is 0. The molecular formula is C48H38N8O6. The first-order valence-electron chi connectivity index (χ1n) is 19.9. The number of aldehydes is 1. The van der Waals surface area contributed by atoms with Gasteiger partial charge in [-0.05, 0) is 66.9 Å². The van der Waals surface area contributed by atoms with Gasteiger partial charge in [0.15, 0.2) is 0 Å². The molecule has 0 unspecified atom stereocenters. The highest BCUT2D eigenvalue weighted by molar-refractivity contribution is 6.23. The monoisotopic (exact) mass is 822 g/mol. The molecule has 4 aliphatic heterocycles. The zero-order valence-electron chi connectivity index (χ0n) is 33.3. The van der Waals surface area contributed by atoms with E-state index in [4.69, 9.17) is 9.98 Å². The molecule has 0 fully saturated rings. The van der Waals surface area contributed by atoms with Crippen molar-refractivity contribution in [3.05, 3.63) is 190 Å². The van der Waals surface area contributed by atoms with Crippen LogP contribution in [-0.4, -0.2) is 81.8 Å². The molecule has 14 heteroatoms. The van der Waals surface area contributed by atoms with Crippen LogP contribution >= 0.6 is 0 Å². The highest BCUT2D eigenvalue weighted by Crippen LogP contribution is 2.42. The van der Waals surface area contributed by atoms with Crippen molar-refractivity contribution in [1.29, 1.82) is 0 Å². The number of nitrogens with zero attached hydrogens (tertiary/aromatic N) is 6. The third-order valence-electron chi connectivity index (χ3n) is 11.0. The number of aryl methyl sites for hydroxylation is 1. The summed E-state index contributed by atoms with van der Waals surface area (Å²) < 4.78 is 0. The van der Waals surface area contributed by atoms with E-state index in [1.807, 2.05) is 85.8 Å². The number of hydrogen-bond donors (Lipinski definition) is 3. The van der Waals surface area contributed by atoms with Crippen LogP contribution in [0.3, 0.4) is 0 Å². The Morgan fingerprint density at radius 3 is 1.73 bits per heavy atom. The summed E-state index contributed by atoms with van der Waals surface area (Å²) in [5, 5.41) is 16.2. The molecule has 14 nitrogen and oxygen atoms in total. The summed E-state index contributed by atoms with van der Waals surface area (Å²) in [5.41, 5.74) is 9.62. The summed E-state index contributed by atoms with van der Waals surface area (Å²) in [7, 11) is 0. The number of carbonyl (C=O) groups excluding carboxylic acids is 5. The standard InChI is InChI=1S/C24H20N4O3.C24H18N4O3/c1-14-11-17-19(29)13-28-21(17)18(12-14)20(15-5-3-2-4-6-15)26-22(24(28)31)27-23(30)16-7-9-25-10-8-16;29-14-15-12-18-8-11-28-21(18)19(13-15)20(16-4-2-1-3-5-16)26-22(24(28)31)27-23(30)17-6-9-25-10-7-17/h2-12,19,22,29H,13H2,1H3,(H,27,30);1-7,9-10,12-14,22H,8,11H2,(H,27,30)/t19-,22+;22-/m10/s1. The van der Waals surface area contributed by atoms with E-state index in [0.717, 1.165) is 45.4 Å². The molecule has 0 saturated heterocycles. The van der Waals surface area contributed by atoms with Crippen LogP contribution < -0.4 is 20.4 Å². The van der Waals surface area contributed by atoms with E-state index in [9.17, 15) is 29.1 Å². The largest absolute Gasteiger partial charge is 0.386 e.